The number of nitrogens with zero attached hydrogens (tertiary/aromatic N) is 2. The summed E-state index contributed by atoms with van der Waals surface area (Å²) < 4.78 is 19.1. The number of hydrogen-bond acceptors (Lipinski definition) is 5. The number of nitrogens with one attached hydrogen (secondary N) is 1. The van der Waals surface area contributed by atoms with Crippen molar-refractivity contribution in [3.05, 3.63) is 39.7 Å². The SMILES string of the molecule is O=[N+]([O-])c1cc([C@@H](C2CCOCC2)N2CCNCC2)ccc1F. The average molecular weight is 323 g/mol. The van der Waals surface area contributed by atoms with Gasteiger partial charge in [-0.25, -0.2) is 0 Å². The Kier molecular flexibility index (Phi) is 5.20. The fraction of sp³-hybridized carbons (Fsp3) is 0.625. The Balaban J connectivity index is 1.93. The first-order chi connectivity index (χ1) is 11.2. The van der Waals surface area contributed by atoms with Crippen LogP contribution in [0.5, 0.6) is 0 Å². The fourth-order valence-electron chi connectivity index (χ4n) is 3.63. The van der Waals surface area contributed by atoms with Gasteiger partial charge in [0.25, 0.3) is 0 Å². The van der Waals surface area contributed by atoms with E-state index in [1.165, 1.54) is 12.1 Å². The molecule has 23 heavy (non-hydrogen) atoms. The number of halogens is 1. The zero-order valence-corrected chi connectivity index (χ0v) is 13.0. The monoisotopic (exact) mass is 323 g/mol. The lowest BCUT2D eigenvalue weighted by Gasteiger charge is -2.41. The van der Waals surface area contributed by atoms with Crippen molar-refractivity contribution in [2.24, 2.45) is 5.92 Å². The van der Waals surface area contributed by atoms with Gasteiger partial charge in [-0.2, -0.15) is 4.39 Å². The molecule has 1 aromatic carbocycles. The molecule has 0 radical (unpaired) electrons. The largest absolute Gasteiger partial charge is 0.381 e. The summed E-state index contributed by atoms with van der Waals surface area (Å²) in [4.78, 5) is 12.8. The summed E-state index contributed by atoms with van der Waals surface area (Å²) in [6, 6.07) is 4.42. The Bertz CT molecular complexity index is 540. The van der Waals surface area contributed by atoms with Crippen molar-refractivity contribution in [2.45, 2.75) is 18.9 Å². The van der Waals surface area contributed by atoms with Crippen LogP contribution in [0, 0.1) is 21.8 Å². The van der Waals surface area contributed by atoms with Gasteiger partial charge in [0.2, 0.25) is 5.82 Å². The second kappa shape index (κ2) is 7.33. The van der Waals surface area contributed by atoms with Gasteiger partial charge in [-0.1, -0.05) is 6.07 Å². The molecule has 0 saturated carbocycles. The Labute approximate surface area is 134 Å². The molecule has 1 N–H and O–H groups in total. The van der Waals surface area contributed by atoms with Crippen LogP contribution >= 0.6 is 0 Å². The lowest BCUT2D eigenvalue weighted by atomic mass is 9.85. The van der Waals surface area contributed by atoms with Crippen LogP contribution in [0.25, 0.3) is 0 Å². The Morgan fingerprint density at radius 2 is 2.00 bits per heavy atom. The summed E-state index contributed by atoms with van der Waals surface area (Å²) in [7, 11) is 0. The molecule has 2 fully saturated rings. The molecule has 0 amide bonds. The van der Waals surface area contributed by atoms with Crippen molar-refractivity contribution in [1.29, 1.82) is 0 Å². The third-order valence-corrected chi connectivity index (χ3v) is 4.77. The van der Waals surface area contributed by atoms with Gasteiger partial charge in [-0.15, -0.1) is 0 Å². The summed E-state index contributed by atoms with van der Waals surface area (Å²) in [5, 5.41) is 14.4. The average Bonchev–Trinajstić information content (AvgIpc) is 2.58. The first kappa shape index (κ1) is 16.3. The van der Waals surface area contributed by atoms with Crippen molar-refractivity contribution in [1.82, 2.24) is 10.2 Å². The lowest BCUT2D eigenvalue weighted by molar-refractivity contribution is -0.387. The molecule has 2 heterocycles. The van der Waals surface area contributed by atoms with Gasteiger partial charge < -0.3 is 10.1 Å². The zero-order chi connectivity index (χ0) is 16.2. The summed E-state index contributed by atoms with van der Waals surface area (Å²) in [5.41, 5.74) is 0.404. The quantitative estimate of drug-likeness (QED) is 0.679. The normalized spacial score (nSPS) is 22.0. The van der Waals surface area contributed by atoms with Crippen molar-refractivity contribution < 1.29 is 14.1 Å². The number of hydrogen-bond donors (Lipinski definition) is 1. The molecule has 2 aliphatic heterocycles. The number of nitro groups is 1. The number of benzene rings is 1. The predicted octanol–water partition coefficient (Wildman–Crippen LogP) is 2.11. The molecule has 7 heteroatoms. The second-order valence-electron chi connectivity index (χ2n) is 6.15. The Morgan fingerprint density at radius 1 is 1.30 bits per heavy atom. The Hall–Kier alpha value is -1.57. The van der Waals surface area contributed by atoms with Crippen LogP contribution in [0.3, 0.4) is 0 Å². The fourth-order valence-corrected chi connectivity index (χ4v) is 3.63. The summed E-state index contributed by atoms with van der Waals surface area (Å²) >= 11 is 0. The molecule has 126 valence electrons. The van der Waals surface area contributed by atoms with E-state index in [0.29, 0.717) is 5.92 Å². The highest BCUT2D eigenvalue weighted by atomic mass is 19.1. The smallest absolute Gasteiger partial charge is 0.305 e. The van der Waals surface area contributed by atoms with E-state index >= 15 is 0 Å². The number of piperazine rings is 1. The molecule has 1 atom stereocenters. The second-order valence-corrected chi connectivity index (χ2v) is 6.15. The predicted molar refractivity (Wildman–Crippen MR) is 83.8 cm³/mol. The highest BCUT2D eigenvalue weighted by molar-refractivity contribution is 5.38. The molecule has 1 aromatic rings. The topological polar surface area (TPSA) is 67.6 Å². The maximum Gasteiger partial charge on any atom is 0.305 e. The minimum absolute atomic E-state index is 0.0836. The molecule has 2 aliphatic rings. The van der Waals surface area contributed by atoms with E-state index in [2.05, 4.69) is 10.2 Å². The van der Waals surface area contributed by atoms with Crippen LogP contribution in [0.1, 0.15) is 24.4 Å². The van der Waals surface area contributed by atoms with E-state index < -0.39 is 16.4 Å². The molecule has 6 nitrogen and oxygen atoms in total. The highest BCUT2D eigenvalue weighted by Crippen LogP contribution is 2.37. The molecule has 3 rings (SSSR count). The first-order valence-corrected chi connectivity index (χ1v) is 8.13. The molecule has 2 saturated heterocycles. The van der Waals surface area contributed by atoms with E-state index in [4.69, 9.17) is 4.74 Å². The van der Waals surface area contributed by atoms with Gasteiger partial charge in [0, 0.05) is 51.5 Å². The van der Waals surface area contributed by atoms with E-state index in [1.807, 2.05) is 0 Å². The molecular formula is C16H22FN3O3. The van der Waals surface area contributed by atoms with E-state index in [9.17, 15) is 14.5 Å². The number of nitro benzene ring substituents is 1. The van der Waals surface area contributed by atoms with Crippen molar-refractivity contribution in [3.8, 4) is 0 Å². The van der Waals surface area contributed by atoms with Gasteiger partial charge in [-0.3, -0.25) is 15.0 Å². The van der Waals surface area contributed by atoms with Crippen LogP contribution < -0.4 is 5.32 Å². The number of ether oxygens (including phenoxy) is 1. The molecule has 0 unspecified atom stereocenters. The van der Waals surface area contributed by atoms with E-state index in [0.717, 1.165) is 57.8 Å². The lowest BCUT2D eigenvalue weighted by Crippen LogP contribution is -2.47. The van der Waals surface area contributed by atoms with Crippen molar-refractivity contribution in [2.75, 3.05) is 39.4 Å². The van der Waals surface area contributed by atoms with Gasteiger partial charge in [0.05, 0.1) is 4.92 Å². The summed E-state index contributed by atoms with van der Waals surface area (Å²) in [6.45, 7) is 5.04. The zero-order valence-electron chi connectivity index (χ0n) is 13.0. The van der Waals surface area contributed by atoms with Crippen molar-refractivity contribution in [3.63, 3.8) is 0 Å². The standard InChI is InChI=1S/C16H22FN3O3/c17-14-2-1-13(11-15(14)20(21)22)16(12-3-9-23-10-4-12)19-7-5-18-6-8-19/h1-2,11-12,16,18H,3-10H2/t16-/m1/s1. The van der Waals surface area contributed by atoms with E-state index in [1.54, 1.807) is 6.07 Å². The highest BCUT2D eigenvalue weighted by Gasteiger charge is 2.32. The minimum Gasteiger partial charge on any atom is -0.381 e. The first-order valence-electron chi connectivity index (χ1n) is 8.13. The maximum absolute atomic E-state index is 13.7. The van der Waals surface area contributed by atoms with E-state index in [-0.39, 0.29) is 6.04 Å². The Morgan fingerprint density at radius 3 is 2.65 bits per heavy atom. The van der Waals surface area contributed by atoms with Crippen LogP contribution in [0.15, 0.2) is 18.2 Å². The molecule has 0 spiro atoms. The van der Waals surface area contributed by atoms with Crippen LogP contribution in [-0.2, 0) is 4.74 Å². The van der Waals surface area contributed by atoms with Gasteiger partial charge >= 0.3 is 5.69 Å². The molecular weight excluding hydrogens is 301 g/mol. The summed E-state index contributed by atoms with van der Waals surface area (Å²) in [5.74, 6) is -0.392. The summed E-state index contributed by atoms with van der Waals surface area (Å²) in [6.07, 6.45) is 1.86. The van der Waals surface area contributed by atoms with Crippen LogP contribution in [0.2, 0.25) is 0 Å². The third kappa shape index (κ3) is 3.68. The van der Waals surface area contributed by atoms with Crippen LogP contribution in [0.4, 0.5) is 10.1 Å². The molecule has 0 aliphatic carbocycles. The van der Waals surface area contributed by atoms with Crippen molar-refractivity contribution >= 4 is 5.69 Å². The molecule has 0 bridgehead atoms. The van der Waals surface area contributed by atoms with Crippen LogP contribution in [-0.4, -0.2) is 49.2 Å². The minimum atomic E-state index is -0.773. The van der Waals surface area contributed by atoms with Gasteiger partial charge in [0.15, 0.2) is 0 Å². The van der Waals surface area contributed by atoms with Gasteiger partial charge in [-0.05, 0) is 30.4 Å². The number of rotatable bonds is 4. The maximum atomic E-state index is 13.7. The molecule has 0 aromatic heterocycles. The third-order valence-electron chi connectivity index (χ3n) is 4.77. The van der Waals surface area contributed by atoms with Gasteiger partial charge in [0.1, 0.15) is 0 Å².